The summed E-state index contributed by atoms with van der Waals surface area (Å²) >= 11 is 5.06. The fourth-order valence-electron chi connectivity index (χ4n) is 7.34. The molecule has 0 atom stereocenters. The first-order chi connectivity index (χ1) is 22.7. The minimum atomic E-state index is 1.22. The number of hydrogen-bond acceptors (Lipinski definition) is 0. The van der Waals surface area contributed by atoms with Gasteiger partial charge in [-0.2, -0.15) is 0 Å². The van der Waals surface area contributed by atoms with E-state index in [1.54, 1.807) is 0 Å². The van der Waals surface area contributed by atoms with Gasteiger partial charge < -0.3 is 0 Å². The Morgan fingerprint density at radius 3 is 1.52 bits per heavy atom. The zero-order chi connectivity index (χ0) is 30.8. The maximum Gasteiger partial charge on any atom is 0.0215 e. The van der Waals surface area contributed by atoms with Gasteiger partial charge in [-0.3, -0.25) is 0 Å². The van der Waals surface area contributed by atoms with Gasteiger partial charge in [0.15, 0.2) is 0 Å². The quantitative estimate of drug-likeness (QED) is 0.0944. The third-order valence-electron chi connectivity index (χ3n) is 9.37. The van der Waals surface area contributed by atoms with Crippen LogP contribution in [0.4, 0.5) is 0 Å². The fraction of sp³-hybridized carbons (Fsp3) is 0. The zero-order valence-electron chi connectivity index (χ0n) is 24.8. The van der Waals surface area contributed by atoms with Crippen LogP contribution in [0.3, 0.4) is 0 Å². The Balaban J connectivity index is 1.51. The van der Waals surface area contributed by atoms with Gasteiger partial charge in [0.2, 0.25) is 0 Å². The van der Waals surface area contributed by atoms with Crippen molar-refractivity contribution in [3.63, 3.8) is 0 Å². The van der Waals surface area contributed by atoms with Crippen LogP contribution in [0.15, 0.2) is 158 Å². The Hall–Kier alpha value is -4.26. The lowest BCUT2D eigenvalue weighted by Gasteiger charge is -2.22. The van der Waals surface area contributed by atoms with Gasteiger partial charge >= 0.3 is 0 Å². The molecule has 0 N–H and O–H groups in total. The van der Waals surface area contributed by atoms with Crippen LogP contribution in [0.25, 0.3) is 87.6 Å². The highest BCUT2D eigenvalue weighted by atomic mass is 127. The van der Waals surface area contributed by atoms with Crippen molar-refractivity contribution in [1.29, 1.82) is 0 Å². The third-order valence-corrected chi connectivity index (χ3v) is 11.2. The second-order valence-electron chi connectivity index (χ2n) is 11.9. The van der Waals surface area contributed by atoms with E-state index in [2.05, 4.69) is 203 Å². The van der Waals surface area contributed by atoms with Crippen molar-refractivity contribution in [2.75, 3.05) is 0 Å². The lowest BCUT2D eigenvalue weighted by molar-refractivity contribution is 1.58. The summed E-state index contributed by atoms with van der Waals surface area (Å²) in [5.41, 5.74) is 9.96. The first kappa shape index (κ1) is 28.0. The van der Waals surface area contributed by atoms with Crippen LogP contribution in [-0.2, 0) is 0 Å². The topological polar surface area (TPSA) is 0 Å². The molecule has 0 aliphatic rings. The Bertz CT molecular complexity index is 2570. The van der Waals surface area contributed by atoms with E-state index < -0.39 is 0 Å². The summed E-state index contributed by atoms with van der Waals surface area (Å²) in [6.45, 7) is 0. The summed E-state index contributed by atoms with van der Waals surface area (Å²) in [7, 11) is 0. The van der Waals surface area contributed by atoms with E-state index >= 15 is 0 Å². The smallest absolute Gasteiger partial charge is 0.0215 e. The van der Waals surface area contributed by atoms with Crippen molar-refractivity contribution < 1.29 is 0 Å². The molecular weight excluding hydrogens is 782 g/mol. The van der Waals surface area contributed by atoms with Gasteiger partial charge in [-0.1, -0.05) is 140 Å². The fourth-order valence-corrected chi connectivity index (χ4v) is 8.73. The number of fused-ring (bicyclic) bond motifs is 2. The molecule has 9 aromatic carbocycles. The van der Waals surface area contributed by atoms with Gasteiger partial charge in [-0.25, -0.2) is 0 Å². The largest absolute Gasteiger partial charge is 0.0622 e. The first-order valence-electron chi connectivity index (χ1n) is 15.5. The highest BCUT2D eigenvalue weighted by molar-refractivity contribution is 14.1. The summed E-state index contributed by atoms with van der Waals surface area (Å²) in [6.07, 6.45) is 0. The molecule has 9 rings (SSSR count). The lowest BCUT2D eigenvalue weighted by atomic mass is 9.82. The molecule has 0 nitrogen and oxygen atoms in total. The molecule has 0 unspecified atom stereocenters. The van der Waals surface area contributed by atoms with Crippen molar-refractivity contribution in [3.05, 3.63) is 165 Å². The predicted octanol–water partition coefficient (Wildman–Crippen LogP) is 13.6. The average Bonchev–Trinajstić information content (AvgIpc) is 3.12. The summed E-state index contributed by atoms with van der Waals surface area (Å²) < 4.78 is 2.55. The molecule has 0 spiro atoms. The highest BCUT2D eigenvalue weighted by Crippen LogP contribution is 2.50. The number of rotatable bonds is 4. The molecule has 0 fully saturated rings. The molecule has 0 saturated carbocycles. The molecule has 0 amide bonds. The van der Waals surface area contributed by atoms with Crippen molar-refractivity contribution in [2.24, 2.45) is 0 Å². The van der Waals surface area contributed by atoms with E-state index in [9.17, 15) is 0 Å². The van der Waals surface area contributed by atoms with Gasteiger partial charge in [0.25, 0.3) is 0 Å². The number of benzene rings is 9. The Kier molecular flexibility index (Phi) is 6.83. The standard InChI is InChI=1S/C44H26I2/c45-39-24-23-36-41-33(39)17-10-18-35(41)42-32(21-22-34-40(46)26-37(43(36)44(34)42)29-15-8-3-9-16-29)38-25-30(27-11-4-1-5-12-27)19-20-31(38)28-13-6-2-7-14-28/h1-26H. The molecule has 0 saturated heterocycles. The maximum absolute atomic E-state index is 2.55. The van der Waals surface area contributed by atoms with Gasteiger partial charge in [0.05, 0.1) is 0 Å². The zero-order valence-corrected chi connectivity index (χ0v) is 29.1. The van der Waals surface area contributed by atoms with Crippen molar-refractivity contribution in [3.8, 4) is 44.5 Å². The minimum Gasteiger partial charge on any atom is -0.0622 e. The number of halogens is 2. The van der Waals surface area contributed by atoms with Crippen molar-refractivity contribution in [2.45, 2.75) is 0 Å². The summed E-state index contributed by atoms with van der Waals surface area (Å²) in [5.74, 6) is 0. The second kappa shape index (κ2) is 11.2. The SMILES string of the molecule is Ic1ccc2c3c(-c4ccccc4)cc(I)c4ccc(-c5cc(-c6ccccc6)ccc5-c5ccccc5)c(c5cccc1c25)c43. The minimum absolute atomic E-state index is 1.22. The second-order valence-corrected chi connectivity index (χ2v) is 14.2. The molecule has 2 heteroatoms. The molecule has 46 heavy (non-hydrogen) atoms. The summed E-state index contributed by atoms with van der Waals surface area (Å²) in [6, 6.07) is 58.1. The monoisotopic (exact) mass is 808 g/mol. The molecule has 0 radical (unpaired) electrons. The Morgan fingerprint density at radius 1 is 0.261 bits per heavy atom. The van der Waals surface area contributed by atoms with Crippen molar-refractivity contribution >= 4 is 88.3 Å². The third kappa shape index (κ3) is 4.38. The number of hydrogen-bond donors (Lipinski definition) is 0. The van der Waals surface area contributed by atoms with E-state index in [4.69, 9.17) is 0 Å². The van der Waals surface area contributed by atoms with Crippen LogP contribution in [0.1, 0.15) is 0 Å². The predicted molar refractivity (Wildman–Crippen MR) is 215 cm³/mol. The summed E-state index contributed by atoms with van der Waals surface area (Å²) in [5, 5.41) is 10.6. The van der Waals surface area contributed by atoms with Crippen LogP contribution < -0.4 is 0 Å². The molecule has 9 aromatic rings. The van der Waals surface area contributed by atoms with Gasteiger partial charge in [0, 0.05) is 7.14 Å². The van der Waals surface area contributed by atoms with Crippen LogP contribution in [0.2, 0.25) is 0 Å². The Labute approximate surface area is 295 Å². The van der Waals surface area contributed by atoms with E-state index in [1.807, 2.05) is 0 Å². The molecule has 0 bridgehead atoms. The van der Waals surface area contributed by atoms with Crippen LogP contribution in [0.5, 0.6) is 0 Å². The van der Waals surface area contributed by atoms with Crippen LogP contribution in [0, 0.1) is 7.14 Å². The molecule has 0 aromatic heterocycles. The molecular formula is C44H26I2. The molecule has 0 aliphatic heterocycles. The van der Waals surface area contributed by atoms with Gasteiger partial charge in [0.1, 0.15) is 0 Å². The van der Waals surface area contributed by atoms with E-state index in [-0.39, 0.29) is 0 Å². The van der Waals surface area contributed by atoms with E-state index in [1.165, 1.54) is 94.7 Å². The molecule has 0 aliphatic carbocycles. The average molecular weight is 808 g/mol. The summed E-state index contributed by atoms with van der Waals surface area (Å²) in [4.78, 5) is 0. The van der Waals surface area contributed by atoms with E-state index in [0.717, 1.165) is 0 Å². The normalized spacial score (nSPS) is 11.7. The Morgan fingerprint density at radius 2 is 0.804 bits per heavy atom. The first-order valence-corrected chi connectivity index (χ1v) is 17.6. The molecule has 216 valence electrons. The highest BCUT2D eigenvalue weighted by Gasteiger charge is 2.23. The van der Waals surface area contributed by atoms with Crippen LogP contribution >= 0.6 is 45.2 Å². The lowest BCUT2D eigenvalue weighted by Crippen LogP contribution is -1.96. The van der Waals surface area contributed by atoms with Gasteiger partial charge in [-0.15, -0.1) is 0 Å². The van der Waals surface area contributed by atoms with Crippen molar-refractivity contribution in [1.82, 2.24) is 0 Å². The van der Waals surface area contributed by atoms with Crippen LogP contribution in [-0.4, -0.2) is 0 Å². The molecule has 0 heterocycles. The van der Waals surface area contributed by atoms with E-state index in [0.29, 0.717) is 0 Å². The van der Waals surface area contributed by atoms with Gasteiger partial charge in [-0.05, 0) is 151 Å². The maximum atomic E-state index is 2.55.